The number of nitrogens with one attached hydrogen (secondary N) is 2. The Hall–Kier alpha value is -7.74. The van der Waals surface area contributed by atoms with Crippen LogP contribution in [0.5, 0.6) is 11.5 Å². The van der Waals surface area contributed by atoms with Crippen LogP contribution in [0.3, 0.4) is 0 Å². The van der Waals surface area contributed by atoms with Crippen molar-refractivity contribution in [3.8, 4) is 11.5 Å². The fraction of sp³-hybridized carbons (Fsp3) is 0.269. The van der Waals surface area contributed by atoms with Gasteiger partial charge in [-0.25, -0.2) is 9.59 Å². The second-order valence-corrected chi connectivity index (χ2v) is 15.7. The van der Waals surface area contributed by atoms with Crippen LogP contribution in [0.4, 0.5) is 0 Å². The number of methoxy groups -OCH3 is 2. The molecule has 0 bridgehead atoms. The normalized spacial score (nSPS) is 18.0. The maximum absolute atomic E-state index is 13.4. The molecule has 66 heavy (non-hydrogen) atoms. The Morgan fingerprint density at radius 3 is 1.20 bits per heavy atom. The standard InChI is InChI=1S/2C26H26N2O5/c2*1-4-33-26(31)22-16(2)27-25-20(24(30)18-8-6-5-7-9-18)14-15-21(29)28(25)23(22)17-10-12-19(32-3)13-11-17/h2*5-13,23,27H,4,14-15H2,1-3H3/t2*23-/m00/s1. The molecule has 0 radical (unpaired) electrons. The number of carbonyl (C=O) groups is 6. The van der Waals surface area contributed by atoms with Gasteiger partial charge in [0.1, 0.15) is 23.1 Å². The highest BCUT2D eigenvalue weighted by Gasteiger charge is 2.45. The number of carbonyl (C=O) groups excluding carboxylic acids is 6. The van der Waals surface area contributed by atoms with E-state index in [0.29, 0.717) is 80.8 Å². The van der Waals surface area contributed by atoms with Crippen molar-refractivity contribution in [2.45, 2.75) is 65.5 Å². The summed E-state index contributed by atoms with van der Waals surface area (Å²) in [6, 6.07) is 30.9. The number of benzene rings is 4. The third-order valence-corrected chi connectivity index (χ3v) is 11.7. The first kappa shape index (κ1) is 46.3. The molecule has 4 aliphatic heterocycles. The summed E-state index contributed by atoms with van der Waals surface area (Å²) in [6.07, 6.45) is 0.979. The Bertz CT molecular complexity index is 2480. The highest BCUT2D eigenvalue weighted by Crippen LogP contribution is 2.43. The first-order chi connectivity index (χ1) is 31.9. The predicted molar refractivity (Wildman–Crippen MR) is 244 cm³/mol. The van der Waals surface area contributed by atoms with E-state index in [1.807, 2.05) is 60.7 Å². The molecule has 2 amide bonds. The lowest BCUT2D eigenvalue weighted by Gasteiger charge is -2.43. The van der Waals surface area contributed by atoms with Crippen molar-refractivity contribution in [1.82, 2.24) is 20.4 Å². The molecular formula is C52H52N4O10. The van der Waals surface area contributed by atoms with Gasteiger partial charge in [0, 0.05) is 46.5 Å². The molecule has 0 saturated carbocycles. The number of allylic oxidation sites excluding steroid dienone is 4. The zero-order valence-corrected chi connectivity index (χ0v) is 37.8. The second kappa shape index (κ2) is 20.4. The van der Waals surface area contributed by atoms with Gasteiger partial charge in [-0.2, -0.15) is 0 Å². The smallest absolute Gasteiger partial charge is 0.338 e. The van der Waals surface area contributed by atoms with Crippen molar-refractivity contribution in [3.05, 3.63) is 177 Å². The number of fused-ring (bicyclic) bond motifs is 2. The van der Waals surface area contributed by atoms with Crippen molar-refractivity contribution in [2.75, 3.05) is 27.4 Å². The molecule has 2 atom stereocenters. The summed E-state index contributed by atoms with van der Waals surface area (Å²) in [4.78, 5) is 82.1. The number of hydrogen-bond acceptors (Lipinski definition) is 12. The molecule has 14 nitrogen and oxygen atoms in total. The number of ether oxygens (including phenoxy) is 4. The molecule has 4 aliphatic rings. The number of ketones is 2. The van der Waals surface area contributed by atoms with Crippen LogP contribution in [0.25, 0.3) is 0 Å². The van der Waals surface area contributed by atoms with Gasteiger partial charge in [-0.1, -0.05) is 84.9 Å². The van der Waals surface area contributed by atoms with E-state index < -0.39 is 24.0 Å². The van der Waals surface area contributed by atoms with E-state index in [-0.39, 0.29) is 49.4 Å². The fourth-order valence-corrected chi connectivity index (χ4v) is 8.58. The largest absolute Gasteiger partial charge is 0.497 e. The van der Waals surface area contributed by atoms with Crippen LogP contribution < -0.4 is 20.1 Å². The van der Waals surface area contributed by atoms with Gasteiger partial charge in [0.25, 0.3) is 0 Å². The number of amides is 2. The number of rotatable bonds is 12. The summed E-state index contributed by atoms with van der Waals surface area (Å²) < 4.78 is 21.2. The van der Waals surface area contributed by atoms with Crippen LogP contribution in [0, 0.1) is 0 Å². The lowest BCUT2D eigenvalue weighted by Crippen LogP contribution is -2.49. The van der Waals surface area contributed by atoms with Crippen LogP contribution in [-0.4, -0.2) is 72.6 Å². The molecule has 0 aliphatic carbocycles. The zero-order chi connectivity index (χ0) is 47.1. The first-order valence-corrected chi connectivity index (χ1v) is 21.8. The van der Waals surface area contributed by atoms with Crippen LogP contribution in [0.1, 0.15) is 97.3 Å². The molecule has 0 saturated heterocycles. The third-order valence-electron chi connectivity index (χ3n) is 11.7. The summed E-state index contributed by atoms with van der Waals surface area (Å²) in [5.74, 6) is 0.534. The fourth-order valence-electron chi connectivity index (χ4n) is 8.58. The second-order valence-electron chi connectivity index (χ2n) is 15.7. The Morgan fingerprint density at radius 2 is 0.879 bits per heavy atom. The van der Waals surface area contributed by atoms with E-state index in [9.17, 15) is 28.8 Å². The van der Waals surface area contributed by atoms with E-state index in [1.54, 1.807) is 90.4 Å². The monoisotopic (exact) mass is 892 g/mol. The first-order valence-electron chi connectivity index (χ1n) is 21.8. The molecule has 4 aromatic carbocycles. The highest BCUT2D eigenvalue weighted by molar-refractivity contribution is 6.11. The minimum Gasteiger partial charge on any atom is -0.497 e. The van der Waals surface area contributed by atoms with Crippen molar-refractivity contribution >= 4 is 35.3 Å². The Morgan fingerprint density at radius 1 is 0.530 bits per heavy atom. The van der Waals surface area contributed by atoms with E-state index in [4.69, 9.17) is 18.9 Å². The van der Waals surface area contributed by atoms with Crippen molar-refractivity contribution in [3.63, 3.8) is 0 Å². The molecular weight excluding hydrogens is 841 g/mol. The molecule has 0 unspecified atom stereocenters. The number of hydrogen-bond donors (Lipinski definition) is 2. The topological polar surface area (TPSA) is 170 Å². The number of esters is 2. The van der Waals surface area contributed by atoms with Gasteiger partial charge in [-0.15, -0.1) is 0 Å². The maximum atomic E-state index is 13.4. The van der Waals surface area contributed by atoms with E-state index in [0.717, 1.165) is 11.1 Å². The Labute approximate surface area is 383 Å². The van der Waals surface area contributed by atoms with Gasteiger partial charge in [0.2, 0.25) is 11.8 Å². The van der Waals surface area contributed by atoms with Gasteiger partial charge < -0.3 is 29.6 Å². The van der Waals surface area contributed by atoms with Crippen molar-refractivity contribution in [1.29, 1.82) is 0 Å². The van der Waals surface area contributed by atoms with E-state index in [1.165, 1.54) is 9.80 Å². The SMILES string of the molecule is CCOC(=O)C1=C(C)NC2=C(C(=O)c3ccccc3)CCC(=O)N2[C@H]1c1ccc(OC)cc1.CCOC(=O)C1=C(C)NC2=C(C(=O)c3ccccc3)CCC(=O)N2[C@H]1c1ccc(OC)cc1. The van der Waals surface area contributed by atoms with Gasteiger partial charge in [0.15, 0.2) is 11.6 Å². The van der Waals surface area contributed by atoms with Gasteiger partial charge in [-0.3, -0.25) is 29.0 Å². The summed E-state index contributed by atoms with van der Waals surface area (Å²) in [5, 5.41) is 6.36. The molecule has 2 N–H and O–H groups in total. The molecule has 340 valence electrons. The summed E-state index contributed by atoms with van der Waals surface area (Å²) >= 11 is 0. The lowest BCUT2D eigenvalue weighted by atomic mass is 9.88. The summed E-state index contributed by atoms with van der Waals surface area (Å²) in [5.41, 5.74) is 5.35. The molecule has 0 spiro atoms. The van der Waals surface area contributed by atoms with Crippen LogP contribution >= 0.6 is 0 Å². The van der Waals surface area contributed by atoms with E-state index in [2.05, 4.69) is 10.6 Å². The van der Waals surface area contributed by atoms with Gasteiger partial charge in [0.05, 0.1) is 50.7 Å². The Balaban J connectivity index is 0.000000196. The third kappa shape index (κ3) is 9.25. The van der Waals surface area contributed by atoms with Crippen molar-refractivity contribution in [2.24, 2.45) is 0 Å². The molecule has 4 heterocycles. The molecule has 0 aromatic heterocycles. The van der Waals surface area contributed by atoms with Gasteiger partial charge in [-0.05, 0) is 75.9 Å². The van der Waals surface area contributed by atoms with Crippen molar-refractivity contribution < 1.29 is 47.7 Å². The summed E-state index contributed by atoms with van der Waals surface area (Å²) in [6.45, 7) is 7.41. The predicted octanol–water partition coefficient (Wildman–Crippen LogP) is 7.79. The van der Waals surface area contributed by atoms with Gasteiger partial charge >= 0.3 is 11.9 Å². The minimum atomic E-state index is -0.724. The number of Topliss-reactive ketones (excluding diaryl/α,β-unsaturated/α-hetero) is 2. The van der Waals surface area contributed by atoms with E-state index >= 15 is 0 Å². The van der Waals surface area contributed by atoms with Crippen LogP contribution in [0.2, 0.25) is 0 Å². The van der Waals surface area contributed by atoms with Crippen LogP contribution in [-0.2, 0) is 28.7 Å². The zero-order valence-electron chi connectivity index (χ0n) is 37.8. The number of nitrogens with zero attached hydrogens (tertiary/aromatic N) is 2. The summed E-state index contributed by atoms with van der Waals surface area (Å²) in [7, 11) is 3.15. The quantitative estimate of drug-likeness (QED) is 0.105. The average Bonchev–Trinajstić information content (AvgIpc) is 3.34. The minimum absolute atomic E-state index is 0.142. The lowest BCUT2D eigenvalue weighted by molar-refractivity contribution is -0.142. The van der Waals surface area contributed by atoms with Crippen LogP contribution in [0.15, 0.2) is 155 Å². The Kier molecular flexibility index (Phi) is 14.3. The molecule has 0 fully saturated rings. The maximum Gasteiger partial charge on any atom is 0.338 e. The molecule has 8 rings (SSSR count). The molecule has 4 aromatic rings. The average molecular weight is 893 g/mol. The molecule has 14 heteroatoms. The highest BCUT2D eigenvalue weighted by atomic mass is 16.5.